The molecule has 6 nitrogen and oxygen atoms in total. The number of amides is 1. The van der Waals surface area contributed by atoms with Crippen molar-refractivity contribution >= 4 is 23.6 Å². The van der Waals surface area contributed by atoms with Crippen LogP contribution in [0, 0.1) is 0 Å². The summed E-state index contributed by atoms with van der Waals surface area (Å²) in [6.07, 6.45) is 4.34. The van der Waals surface area contributed by atoms with Gasteiger partial charge in [0.05, 0.1) is 31.7 Å². The fourth-order valence-electron chi connectivity index (χ4n) is 1.76. The molecule has 2 rings (SSSR count). The highest BCUT2D eigenvalue weighted by Gasteiger charge is 2.14. The Labute approximate surface area is 127 Å². The van der Waals surface area contributed by atoms with Crippen LogP contribution in [0.15, 0.2) is 47.1 Å². The quantitative estimate of drug-likeness (QED) is 0.678. The summed E-state index contributed by atoms with van der Waals surface area (Å²) in [4.78, 5) is 23.7. The molecule has 0 aliphatic rings. The van der Waals surface area contributed by atoms with Gasteiger partial charge in [0, 0.05) is 6.08 Å². The molecule has 0 spiro atoms. The van der Waals surface area contributed by atoms with Gasteiger partial charge in [-0.25, -0.2) is 4.79 Å². The Hall–Kier alpha value is -3.02. The lowest BCUT2D eigenvalue weighted by Crippen LogP contribution is -2.13. The lowest BCUT2D eigenvalue weighted by molar-refractivity contribution is -0.111. The van der Waals surface area contributed by atoms with Crippen molar-refractivity contribution in [2.24, 2.45) is 0 Å². The van der Waals surface area contributed by atoms with Crippen molar-refractivity contribution in [2.75, 3.05) is 19.5 Å². The number of carbonyl (C=O) groups is 2. The molecule has 1 aromatic heterocycles. The SMILES string of the molecule is COC(=O)c1cc(OC)ccc1NC(=O)/C=C/c1ccco1. The van der Waals surface area contributed by atoms with Crippen molar-refractivity contribution in [2.45, 2.75) is 0 Å². The fraction of sp³-hybridized carbons (Fsp3) is 0.125. The molecular weight excluding hydrogens is 286 g/mol. The molecule has 1 aromatic carbocycles. The second-order valence-electron chi connectivity index (χ2n) is 4.24. The lowest BCUT2D eigenvalue weighted by atomic mass is 10.1. The molecule has 22 heavy (non-hydrogen) atoms. The monoisotopic (exact) mass is 301 g/mol. The van der Waals surface area contributed by atoms with E-state index in [9.17, 15) is 9.59 Å². The first kappa shape index (κ1) is 15.4. The summed E-state index contributed by atoms with van der Waals surface area (Å²) in [6.45, 7) is 0. The number of esters is 1. The highest BCUT2D eigenvalue weighted by Crippen LogP contribution is 2.23. The molecule has 0 aliphatic heterocycles. The highest BCUT2D eigenvalue weighted by atomic mass is 16.5. The van der Waals surface area contributed by atoms with Gasteiger partial charge in [0.25, 0.3) is 0 Å². The number of anilines is 1. The van der Waals surface area contributed by atoms with Crippen molar-refractivity contribution in [3.05, 3.63) is 54.0 Å². The van der Waals surface area contributed by atoms with E-state index in [2.05, 4.69) is 5.32 Å². The Bertz CT molecular complexity index is 689. The number of carbonyl (C=O) groups excluding carboxylic acids is 2. The third-order valence-electron chi connectivity index (χ3n) is 2.83. The molecule has 0 saturated heterocycles. The molecule has 0 unspecified atom stereocenters. The van der Waals surface area contributed by atoms with Gasteiger partial charge in [-0.1, -0.05) is 0 Å². The predicted molar refractivity (Wildman–Crippen MR) is 80.7 cm³/mol. The highest BCUT2D eigenvalue weighted by molar-refractivity contribution is 6.06. The first-order valence-corrected chi connectivity index (χ1v) is 6.43. The molecule has 6 heteroatoms. The van der Waals surface area contributed by atoms with Crippen LogP contribution in [0.1, 0.15) is 16.1 Å². The maximum absolute atomic E-state index is 11.9. The van der Waals surface area contributed by atoms with E-state index < -0.39 is 11.9 Å². The standard InChI is InChI=1S/C16H15NO5/c1-20-12-5-7-14(13(10-12)16(19)21-2)17-15(18)8-6-11-4-3-9-22-11/h3-10H,1-2H3,(H,17,18)/b8-6+. The Balaban J connectivity index is 2.17. The predicted octanol–water partition coefficient (Wildman–Crippen LogP) is 2.73. The number of furan rings is 1. The summed E-state index contributed by atoms with van der Waals surface area (Å²) in [5.41, 5.74) is 0.545. The lowest BCUT2D eigenvalue weighted by Gasteiger charge is -2.10. The maximum atomic E-state index is 11.9. The van der Waals surface area contributed by atoms with Crippen LogP contribution in [-0.4, -0.2) is 26.1 Å². The molecule has 1 heterocycles. The Morgan fingerprint density at radius 1 is 1.23 bits per heavy atom. The van der Waals surface area contributed by atoms with Crippen molar-refractivity contribution in [1.29, 1.82) is 0 Å². The molecule has 1 N–H and O–H groups in total. The zero-order valence-electron chi connectivity index (χ0n) is 12.2. The minimum absolute atomic E-state index is 0.210. The van der Waals surface area contributed by atoms with E-state index in [0.29, 0.717) is 17.2 Å². The largest absolute Gasteiger partial charge is 0.497 e. The van der Waals surface area contributed by atoms with Gasteiger partial charge in [0.15, 0.2) is 0 Å². The molecule has 1 amide bonds. The number of hydrogen-bond acceptors (Lipinski definition) is 5. The fourth-order valence-corrected chi connectivity index (χ4v) is 1.76. The van der Waals surface area contributed by atoms with E-state index in [1.807, 2.05) is 0 Å². The molecule has 0 radical (unpaired) electrons. The average molecular weight is 301 g/mol. The number of nitrogens with one attached hydrogen (secondary N) is 1. The van der Waals surface area contributed by atoms with Crippen LogP contribution in [0.25, 0.3) is 6.08 Å². The molecular formula is C16H15NO5. The summed E-state index contributed by atoms with van der Waals surface area (Å²) in [7, 11) is 2.75. The normalized spacial score (nSPS) is 10.5. The van der Waals surface area contributed by atoms with Gasteiger partial charge in [-0.2, -0.15) is 0 Å². The summed E-state index contributed by atoms with van der Waals surface area (Å²) in [5, 5.41) is 2.62. The minimum atomic E-state index is -0.566. The van der Waals surface area contributed by atoms with Crippen molar-refractivity contribution in [3.8, 4) is 5.75 Å². The van der Waals surface area contributed by atoms with Crippen LogP contribution >= 0.6 is 0 Å². The summed E-state index contributed by atoms with van der Waals surface area (Å²) in [5.74, 6) is 0.0820. The van der Waals surface area contributed by atoms with Gasteiger partial charge in [0.2, 0.25) is 5.91 Å². The first-order chi connectivity index (χ1) is 10.6. The molecule has 0 atom stereocenters. The van der Waals surface area contributed by atoms with Crippen LogP contribution in [0.5, 0.6) is 5.75 Å². The molecule has 0 bridgehead atoms. The van der Waals surface area contributed by atoms with Gasteiger partial charge in [-0.05, 0) is 36.4 Å². The molecule has 114 valence electrons. The summed E-state index contributed by atoms with van der Waals surface area (Å²) in [6, 6.07) is 8.15. The van der Waals surface area contributed by atoms with E-state index >= 15 is 0 Å². The molecule has 0 aliphatic carbocycles. The summed E-state index contributed by atoms with van der Waals surface area (Å²) < 4.78 is 14.8. The smallest absolute Gasteiger partial charge is 0.340 e. The molecule has 0 fully saturated rings. The zero-order valence-corrected chi connectivity index (χ0v) is 12.2. The first-order valence-electron chi connectivity index (χ1n) is 6.43. The molecule has 0 saturated carbocycles. The number of methoxy groups -OCH3 is 2. The van der Waals surface area contributed by atoms with Crippen LogP contribution in [0.3, 0.4) is 0 Å². The Morgan fingerprint density at radius 2 is 2.05 bits per heavy atom. The second kappa shape index (κ2) is 7.12. The molecule has 2 aromatic rings. The average Bonchev–Trinajstić information content (AvgIpc) is 3.06. The van der Waals surface area contributed by atoms with Crippen molar-refractivity contribution in [1.82, 2.24) is 0 Å². The van der Waals surface area contributed by atoms with Crippen molar-refractivity contribution in [3.63, 3.8) is 0 Å². The van der Waals surface area contributed by atoms with E-state index in [0.717, 1.165) is 0 Å². The third-order valence-corrected chi connectivity index (χ3v) is 2.83. The minimum Gasteiger partial charge on any atom is -0.497 e. The van der Waals surface area contributed by atoms with E-state index in [4.69, 9.17) is 13.9 Å². The van der Waals surface area contributed by atoms with E-state index in [1.54, 1.807) is 24.3 Å². The van der Waals surface area contributed by atoms with Crippen LogP contribution < -0.4 is 10.1 Å². The number of rotatable bonds is 5. The topological polar surface area (TPSA) is 77.8 Å². The van der Waals surface area contributed by atoms with Crippen molar-refractivity contribution < 1.29 is 23.5 Å². The van der Waals surface area contributed by atoms with Gasteiger partial charge in [-0.3, -0.25) is 4.79 Å². The van der Waals surface area contributed by atoms with Gasteiger partial charge >= 0.3 is 5.97 Å². The van der Waals surface area contributed by atoms with Crippen LogP contribution in [0.4, 0.5) is 5.69 Å². The summed E-state index contributed by atoms with van der Waals surface area (Å²) >= 11 is 0. The van der Waals surface area contributed by atoms with Gasteiger partial charge < -0.3 is 19.2 Å². The Morgan fingerprint density at radius 3 is 2.68 bits per heavy atom. The van der Waals surface area contributed by atoms with E-state index in [-0.39, 0.29) is 5.56 Å². The number of hydrogen-bond donors (Lipinski definition) is 1. The number of benzene rings is 1. The van der Waals surface area contributed by atoms with Crippen LogP contribution in [-0.2, 0) is 9.53 Å². The van der Waals surface area contributed by atoms with Gasteiger partial charge in [0.1, 0.15) is 11.5 Å². The van der Waals surface area contributed by atoms with E-state index in [1.165, 1.54) is 38.7 Å². The maximum Gasteiger partial charge on any atom is 0.340 e. The van der Waals surface area contributed by atoms with Crippen LogP contribution in [0.2, 0.25) is 0 Å². The zero-order chi connectivity index (χ0) is 15.9. The second-order valence-corrected chi connectivity index (χ2v) is 4.24. The Kier molecular flexibility index (Phi) is 4.98. The third kappa shape index (κ3) is 3.76. The van der Waals surface area contributed by atoms with Gasteiger partial charge in [-0.15, -0.1) is 0 Å². The number of ether oxygens (including phenoxy) is 2.